The second kappa shape index (κ2) is 6.34. The Labute approximate surface area is 116 Å². The van der Waals surface area contributed by atoms with Gasteiger partial charge in [-0.05, 0) is 36.0 Å². The van der Waals surface area contributed by atoms with Gasteiger partial charge in [0.1, 0.15) is 6.04 Å². The number of hydrogen-bond acceptors (Lipinski definition) is 4. The summed E-state index contributed by atoms with van der Waals surface area (Å²) < 4.78 is 4.88. The van der Waals surface area contributed by atoms with Crippen molar-refractivity contribution < 1.29 is 9.53 Å². The second-order valence-corrected chi connectivity index (χ2v) is 5.81. The molecule has 0 aromatic heterocycles. The lowest BCUT2D eigenvalue weighted by Crippen LogP contribution is -2.38. The van der Waals surface area contributed by atoms with Crippen LogP contribution in [0.2, 0.25) is 5.02 Å². The molecule has 1 aromatic carbocycles. The molecule has 1 heterocycles. The number of ether oxygens (including phenoxy) is 1. The first-order chi connectivity index (χ1) is 8.72. The molecule has 0 saturated carbocycles. The number of thioether (sulfide) groups is 1. The zero-order chi connectivity index (χ0) is 13.0. The van der Waals surface area contributed by atoms with Gasteiger partial charge in [-0.1, -0.05) is 23.7 Å². The van der Waals surface area contributed by atoms with E-state index >= 15 is 0 Å². The highest BCUT2D eigenvalue weighted by Crippen LogP contribution is 2.30. The molecule has 1 N–H and O–H groups in total. The largest absolute Gasteiger partial charge is 0.467 e. The van der Waals surface area contributed by atoms with Gasteiger partial charge in [-0.3, -0.25) is 0 Å². The van der Waals surface area contributed by atoms with E-state index in [4.69, 9.17) is 16.3 Å². The normalized spacial score (nSPS) is 20.4. The number of methoxy groups -OCH3 is 1. The smallest absolute Gasteiger partial charge is 0.328 e. The predicted octanol–water partition coefficient (Wildman–Crippen LogP) is 3.05. The summed E-state index contributed by atoms with van der Waals surface area (Å²) >= 11 is 7.98. The Morgan fingerprint density at radius 2 is 2.33 bits per heavy atom. The molecule has 3 nitrogen and oxygen atoms in total. The van der Waals surface area contributed by atoms with Crippen LogP contribution in [0.5, 0.6) is 0 Å². The Bertz CT molecular complexity index is 421. The number of para-hydroxylation sites is 1. The van der Waals surface area contributed by atoms with E-state index < -0.39 is 0 Å². The van der Waals surface area contributed by atoms with Gasteiger partial charge in [-0.25, -0.2) is 4.79 Å². The van der Waals surface area contributed by atoms with Gasteiger partial charge >= 0.3 is 5.97 Å². The molecule has 1 saturated heterocycles. The van der Waals surface area contributed by atoms with Gasteiger partial charge in [0.25, 0.3) is 0 Å². The number of esters is 1. The van der Waals surface area contributed by atoms with Crippen LogP contribution >= 0.6 is 23.4 Å². The van der Waals surface area contributed by atoms with E-state index in [-0.39, 0.29) is 12.0 Å². The van der Waals surface area contributed by atoms with Crippen molar-refractivity contribution in [2.45, 2.75) is 12.5 Å². The fraction of sp³-hybridized carbons (Fsp3) is 0.462. The summed E-state index contributed by atoms with van der Waals surface area (Å²) in [7, 11) is 1.42. The van der Waals surface area contributed by atoms with Crippen LogP contribution in [0.1, 0.15) is 6.42 Å². The van der Waals surface area contributed by atoms with Crippen molar-refractivity contribution in [1.82, 2.24) is 0 Å². The van der Waals surface area contributed by atoms with Crippen LogP contribution in [-0.2, 0) is 9.53 Å². The molecule has 2 unspecified atom stereocenters. The Kier molecular flexibility index (Phi) is 4.78. The van der Waals surface area contributed by atoms with Gasteiger partial charge in [0, 0.05) is 0 Å². The first-order valence-corrected chi connectivity index (χ1v) is 7.42. The van der Waals surface area contributed by atoms with Crippen LogP contribution in [0.4, 0.5) is 5.69 Å². The van der Waals surface area contributed by atoms with E-state index in [9.17, 15) is 4.79 Å². The maximum Gasteiger partial charge on any atom is 0.328 e. The molecule has 1 aliphatic heterocycles. The van der Waals surface area contributed by atoms with E-state index in [0.717, 1.165) is 23.6 Å². The van der Waals surface area contributed by atoms with Gasteiger partial charge in [0.15, 0.2) is 0 Å². The van der Waals surface area contributed by atoms with Crippen LogP contribution in [0.15, 0.2) is 24.3 Å². The van der Waals surface area contributed by atoms with E-state index in [1.54, 1.807) is 0 Å². The molecule has 0 spiro atoms. The number of hydrogen-bond donors (Lipinski definition) is 1. The lowest BCUT2D eigenvalue weighted by molar-refractivity contribution is -0.142. The molecule has 2 atom stereocenters. The molecule has 0 amide bonds. The SMILES string of the molecule is COC(=O)C(Nc1ccccc1Cl)C1CCSC1. The topological polar surface area (TPSA) is 38.3 Å². The summed E-state index contributed by atoms with van der Waals surface area (Å²) in [4.78, 5) is 11.9. The molecule has 18 heavy (non-hydrogen) atoms. The zero-order valence-corrected chi connectivity index (χ0v) is 11.8. The highest BCUT2D eigenvalue weighted by atomic mass is 35.5. The minimum absolute atomic E-state index is 0.220. The van der Waals surface area contributed by atoms with E-state index in [2.05, 4.69) is 5.32 Å². The van der Waals surface area contributed by atoms with E-state index in [0.29, 0.717) is 10.9 Å². The lowest BCUT2D eigenvalue weighted by atomic mass is 9.99. The molecule has 0 radical (unpaired) electrons. The molecule has 1 aliphatic rings. The second-order valence-electron chi connectivity index (χ2n) is 4.25. The van der Waals surface area contributed by atoms with Crippen LogP contribution < -0.4 is 5.32 Å². The minimum atomic E-state index is -0.315. The fourth-order valence-corrected chi connectivity index (χ4v) is 3.55. The van der Waals surface area contributed by atoms with Crippen LogP contribution in [0.25, 0.3) is 0 Å². The summed E-state index contributed by atoms with van der Waals surface area (Å²) in [6, 6.07) is 7.13. The summed E-state index contributed by atoms with van der Waals surface area (Å²) in [6.45, 7) is 0. The van der Waals surface area contributed by atoms with E-state index in [1.807, 2.05) is 36.0 Å². The fourth-order valence-electron chi connectivity index (χ4n) is 2.06. The number of benzene rings is 1. The van der Waals surface area contributed by atoms with Gasteiger partial charge < -0.3 is 10.1 Å². The number of nitrogens with one attached hydrogen (secondary N) is 1. The number of carbonyl (C=O) groups excluding carboxylic acids is 1. The number of carbonyl (C=O) groups is 1. The first kappa shape index (κ1) is 13.6. The molecule has 1 aromatic rings. The van der Waals surface area contributed by atoms with Gasteiger partial charge in [-0.2, -0.15) is 11.8 Å². The molecule has 5 heteroatoms. The van der Waals surface area contributed by atoms with Crippen molar-refractivity contribution in [2.24, 2.45) is 5.92 Å². The van der Waals surface area contributed by atoms with Crippen molar-refractivity contribution in [1.29, 1.82) is 0 Å². The monoisotopic (exact) mass is 285 g/mol. The summed E-state index contributed by atoms with van der Waals surface area (Å²) in [5.41, 5.74) is 0.784. The molecule has 2 rings (SSSR count). The minimum Gasteiger partial charge on any atom is -0.467 e. The Hall–Kier alpha value is -0.870. The molecule has 0 aliphatic carbocycles. The third-order valence-corrected chi connectivity index (χ3v) is 4.59. The van der Waals surface area contributed by atoms with Gasteiger partial charge in [0.05, 0.1) is 17.8 Å². The van der Waals surface area contributed by atoms with Gasteiger partial charge in [-0.15, -0.1) is 0 Å². The maximum atomic E-state index is 11.9. The highest BCUT2D eigenvalue weighted by molar-refractivity contribution is 7.99. The lowest BCUT2D eigenvalue weighted by Gasteiger charge is -2.23. The number of rotatable bonds is 4. The summed E-state index contributed by atoms with van der Waals surface area (Å²) in [6.07, 6.45) is 1.03. The Morgan fingerprint density at radius 3 is 2.94 bits per heavy atom. The van der Waals surface area contributed by atoms with Crippen LogP contribution in [-0.4, -0.2) is 30.6 Å². The zero-order valence-electron chi connectivity index (χ0n) is 10.2. The summed E-state index contributed by atoms with van der Waals surface area (Å²) in [5, 5.41) is 3.84. The van der Waals surface area contributed by atoms with E-state index in [1.165, 1.54) is 7.11 Å². The third kappa shape index (κ3) is 3.12. The van der Waals surface area contributed by atoms with Gasteiger partial charge in [0.2, 0.25) is 0 Å². The highest BCUT2D eigenvalue weighted by Gasteiger charge is 2.32. The molecular formula is C13H16ClNO2S. The molecule has 98 valence electrons. The average molecular weight is 286 g/mol. The number of anilines is 1. The third-order valence-electron chi connectivity index (χ3n) is 3.08. The van der Waals surface area contributed by atoms with Crippen molar-refractivity contribution in [3.8, 4) is 0 Å². The van der Waals surface area contributed by atoms with Crippen molar-refractivity contribution in [3.63, 3.8) is 0 Å². The van der Waals surface area contributed by atoms with Crippen LogP contribution in [0.3, 0.4) is 0 Å². The Balaban J connectivity index is 2.14. The molecule has 1 fully saturated rings. The molecular weight excluding hydrogens is 270 g/mol. The average Bonchev–Trinajstić information content (AvgIpc) is 2.90. The number of halogens is 1. The quantitative estimate of drug-likeness (QED) is 0.863. The summed E-state index contributed by atoms with van der Waals surface area (Å²) in [5.74, 6) is 2.17. The van der Waals surface area contributed by atoms with Crippen molar-refractivity contribution >= 4 is 35.0 Å². The standard InChI is InChI=1S/C13H16ClNO2S/c1-17-13(16)12(9-6-7-18-8-9)15-11-5-3-2-4-10(11)14/h2-5,9,12,15H,6-8H2,1H3. The first-order valence-electron chi connectivity index (χ1n) is 5.89. The van der Waals surface area contributed by atoms with Crippen molar-refractivity contribution in [2.75, 3.05) is 23.9 Å². The maximum absolute atomic E-state index is 11.9. The van der Waals surface area contributed by atoms with Crippen molar-refractivity contribution in [3.05, 3.63) is 29.3 Å². The Morgan fingerprint density at radius 1 is 1.56 bits per heavy atom. The molecule has 0 bridgehead atoms. The predicted molar refractivity (Wildman–Crippen MR) is 76.3 cm³/mol. The van der Waals surface area contributed by atoms with Crippen LogP contribution in [0, 0.1) is 5.92 Å².